The maximum Gasteiger partial charge on any atom is 0.251 e. The normalized spacial score (nSPS) is 18.0. The summed E-state index contributed by atoms with van der Waals surface area (Å²) in [5.74, 6) is -0.0547. The van der Waals surface area contributed by atoms with Gasteiger partial charge >= 0.3 is 0 Å². The first-order valence-electron chi connectivity index (χ1n) is 6.97. The first-order valence-corrected chi connectivity index (χ1v) is 8.58. The second kappa shape index (κ2) is 5.62. The van der Waals surface area contributed by atoms with Gasteiger partial charge < -0.3 is 10.2 Å². The average molecular weight is 331 g/mol. The SMILES string of the molecule is O=C(NC1CCN(c2nccs2)C1)c1ccc2nsnc2c1. The lowest BCUT2D eigenvalue weighted by Gasteiger charge is -2.15. The maximum atomic E-state index is 12.4. The van der Waals surface area contributed by atoms with Crippen molar-refractivity contribution in [3.63, 3.8) is 0 Å². The van der Waals surface area contributed by atoms with Crippen LogP contribution in [-0.4, -0.2) is 38.8 Å². The van der Waals surface area contributed by atoms with Crippen LogP contribution in [0.25, 0.3) is 11.0 Å². The molecule has 8 heteroatoms. The highest BCUT2D eigenvalue weighted by Gasteiger charge is 2.25. The zero-order valence-electron chi connectivity index (χ0n) is 11.6. The van der Waals surface area contributed by atoms with Crippen molar-refractivity contribution in [1.82, 2.24) is 19.0 Å². The van der Waals surface area contributed by atoms with Crippen LogP contribution in [0, 0.1) is 0 Å². The van der Waals surface area contributed by atoms with E-state index in [1.165, 1.54) is 0 Å². The second-order valence-electron chi connectivity index (χ2n) is 5.19. The lowest BCUT2D eigenvalue weighted by Crippen LogP contribution is -2.37. The summed E-state index contributed by atoms with van der Waals surface area (Å²) in [5, 5.41) is 6.09. The number of carbonyl (C=O) groups is 1. The van der Waals surface area contributed by atoms with Gasteiger partial charge in [0.15, 0.2) is 5.13 Å². The molecular formula is C14H13N5OS2. The van der Waals surface area contributed by atoms with Gasteiger partial charge in [-0.25, -0.2) is 4.98 Å². The minimum atomic E-state index is -0.0547. The Hall–Kier alpha value is -2.06. The zero-order chi connectivity index (χ0) is 14.9. The predicted molar refractivity (Wildman–Crippen MR) is 87.6 cm³/mol. The van der Waals surface area contributed by atoms with Gasteiger partial charge in [-0.3, -0.25) is 4.79 Å². The minimum Gasteiger partial charge on any atom is -0.347 e. The van der Waals surface area contributed by atoms with Gasteiger partial charge in [-0.15, -0.1) is 11.3 Å². The highest BCUT2D eigenvalue weighted by Crippen LogP contribution is 2.22. The first kappa shape index (κ1) is 13.6. The lowest BCUT2D eigenvalue weighted by molar-refractivity contribution is 0.0940. The second-order valence-corrected chi connectivity index (χ2v) is 6.59. The molecule has 1 saturated heterocycles. The molecule has 112 valence electrons. The van der Waals surface area contributed by atoms with Gasteiger partial charge in [0.2, 0.25) is 0 Å². The van der Waals surface area contributed by atoms with Gasteiger partial charge in [-0.2, -0.15) is 8.75 Å². The molecular weight excluding hydrogens is 318 g/mol. The largest absolute Gasteiger partial charge is 0.347 e. The summed E-state index contributed by atoms with van der Waals surface area (Å²) >= 11 is 2.79. The number of benzene rings is 1. The molecule has 6 nitrogen and oxygen atoms in total. The van der Waals surface area contributed by atoms with Crippen molar-refractivity contribution in [3.8, 4) is 0 Å². The number of rotatable bonds is 3. The number of carbonyl (C=O) groups excluding carboxylic acids is 1. The minimum absolute atomic E-state index is 0.0547. The molecule has 22 heavy (non-hydrogen) atoms. The van der Waals surface area contributed by atoms with Crippen molar-refractivity contribution in [1.29, 1.82) is 0 Å². The fourth-order valence-corrected chi connectivity index (χ4v) is 3.81. The highest BCUT2D eigenvalue weighted by molar-refractivity contribution is 7.13. The molecule has 1 amide bonds. The zero-order valence-corrected chi connectivity index (χ0v) is 13.2. The molecule has 1 atom stereocenters. The Morgan fingerprint density at radius 3 is 3.09 bits per heavy atom. The summed E-state index contributed by atoms with van der Waals surface area (Å²) in [7, 11) is 0. The van der Waals surface area contributed by atoms with E-state index in [0.29, 0.717) is 5.56 Å². The van der Waals surface area contributed by atoms with E-state index in [0.717, 1.165) is 47.4 Å². The van der Waals surface area contributed by atoms with Gasteiger partial charge in [0, 0.05) is 36.3 Å². The number of anilines is 1. The smallest absolute Gasteiger partial charge is 0.251 e. The lowest BCUT2D eigenvalue weighted by atomic mass is 10.1. The van der Waals surface area contributed by atoms with Gasteiger partial charge in [-0.1, -0.05) is 0 Å². The number of amides is 1. The Morgan fingerprint density at radius 2 is 2.23 bits per heavy atom. The van der Waals surface area contributed by atoms with Crippen LogP contribution < -0.4 is 10.2 Å². The van der Waals surface area contributed by atoms with E-state index in [1.807, 2.05) is 17.6 Å². The number of fused-ring (bicyclic) bond motifs is 1. The standard InChI is InChI=1S/C14H13N5OS2/c20-13(9-1-2-11-12(7-9)18-22-17-11)16-10-3-5-19(8-10)14-15-4-6-21-14/h1-2,4,6-7,10H,3,5,8H2,(H,16,20). The summed E-state index contributed by atoms with van der Waals surface area (Å²) < 4.78 is 8.32. The molecule has 1 N–H and O–H groups in total. The monoisotopic (exact) mass is 331 g/mol. The molecule has 0 saturated carbocycles. The number of thiazole rings is 1. The van der Waals surface area contributed by atoms with Crippen molar-refractivity contribution < 1.29 is 4.79 Å². The topological polar surface area (TPSA) is 71.0 Å². The fraction of sp³-hybridized carbons (Fsp3) is 0.286. The molecule has 2 aromatic heterocycles. The van der Waals surface area contributed by atoms with E-state index in [-0.39, 0.29) is 11.9 Å². The van der Waals surface area contributed by atoms with Gasteiger partial charge in [0.25, 0.3) is 5.91 Å². The molecule has 1 aliphatic rings. The summed E-state index contributed by atoms with van der Waals surface area (Å²) in [6.07, 6.45) is 2.74. The molecule has 3 aromatic rings. The van der Waals surface area contributed by atoms with Crippen LogP contribution in [-0.2, 0) is 0 Å². The van der Waals surface area contributed by atoms with E-state index in [1.54, 1.807) is 23.5 Å². The highest BCUT2D eigenvalue weighted by atomic mass is 32.1. The quantitative estimate of drug-likeness (QED) is 0.796. The molecule has 0 bridgehead atoms. The number of hydrogen-bond donors (Lipinski definition) is 1. The summed E-state index contributed by atoms with van der Waals surface area (Å²) in [6.45, 7) is 1.73. The average Bonchev–Trinajstić information content (AvgIpc) is 3.27. The van der Waals surface area contributed by atoms with Crippen LogP contribution in [0.4, 0.5) is 5.13 Å². The van der Waals surface area contributed by atoms with Crippen LogP contribution in [0.15, 0.2) is 29.8 Å². The van der Waals surface area contributed by atoms with E-state index in [4.69, 9.17) is 0 Å². The van der Waals surface area contributed by atoms with E-state index < -0.39 is 0 Å². The van der Waals surface area contributed by atoms with Crippen LogP contribution in [0.2, 0.25) is 0 Å². The van der Waals surface area contributed by atoms with Gasteiger partial charge in [0.05, 0.1) is 11.7 Å². The Balaban J connectivity index is 1.43. The van der Waals surface area contributed by atoms with Crippen LogP contribution >= 0.6 is 23.1 Å². The predicted octanol–water partition coefficient (Wildman–Crippen LogP) is 2.16. The van der Waals surface area contributed by atoms with E-state index in [2.05, 4.69) is 23.9 Å². The van der Waals surface area contributed by atoms with Gasteiger partial charge in [0.1, 0.15) is 11.0 Å². The molecule has 0 spiro atoms. The van der Waals surface area contributed by atoms with E-state index in [9.17, 15) is 4.79 Å². The molecule has 4 rings (SSSR count). The van der Waals surface area contributed by atoms with Crippen molar-refractivity contribution in [2.75, 3.05) is 18.0 Å². The fourth-order valence-electron chi connectivity index (χ4n) is 2.62. The molecule has 0 aliphatic carbocycles. The molecule has 0 radical (unpaired) electrons. The molecule has 1 aromatic carbocycles. The number of hydrogen-bond acceptors (Lipinski definition) is 7. The summed E-state index contributed by atoms with van der Waals surface area (Å²) in [6, 6.07) is 5.58. The maximum absolute atomic E-state index is 12.4. The van der Waals surface area contributed by atoms with Crippen molar-refractivity contribution in [2.45, 2.75) is 12.5 Å². The van der Waals surface area contributed by atoms with Crippen molar-refractivity contribution in [3.05, 3.63) is 35.3 Å². The summed E-state index contributed by atoms with van der Waals surface area (Å²) in [4.78, 5) is 18.9. The van der Waals surface area contributed by atoms with Crippen LogP contribution in [0.3, 0.4) is 0 Å². The third-order valence-corrected chi connectivity index (χ3v) is 5.12. The third kappa shape index (κ3) is 2.55. The number of nitrogens with one attached hydrogen (secondary N) is 1. The summed E-state index contributed by atoms with van der Waals surface area (Å²) in [5.41, 5.74) is 2.23. The van der Waals surface area contributed by atoms with Crippen molar-refractivity contribution >= 4 is 45.1 Å². The molecule has 1 aliphatic heterocycles. The van der Waals surface area contributed by atoms with Crippen LogP contribution in [0.5, 0.6) is 0 Å². The van der Waals surface area contributed by atoms with Gasteiger partial charge in [-0.05, 0) is 24.6 Å². The van der Waals surface area contributed by atoms with Crippen LogP contribution in [0.1, 0.15) is 16.8 Å². The van der Waals surface area contributed by atoms with Crippen molar-refractivity contribution in [2.24, 2.45) is 0 Å². The molecule has 1 unspecified atom stereocenters. The Kier molecular flexibility index (Phi) is 3.47. The molecule has 3 heterocycles. The Bertz CT molecular complexity index is 801. The van der Waals surface area contributed by atoms with E-state index >= 15 is 0 Å². The third-order valence-electron chi connectivity index (χ3n) is 3.73. The first-order chi connectivity index (χ1) is 10.8. The Labute approximate surface area is 135 Å². The number of nitrogens with zero attached hydrogens (tertiary/aromatic N) is 4. The number of aromatic nitrogens is 3. The molecule has 1 fully saturated rings. The Morgan fingerprint density at radius 1 is 1.32 bits per heavy atom.